The molecule has 160 valence electrons. The van der Waals surface area contributed by atoms with Crippen LogP contribution in [0.1, 0.15) is 38.1 Å². The highest BCUT2D eigenvalue weighted by Crippen LogP contribution is 2.42. The van der Waals surface area contributed by atoms with E-state index in [9.17, 15) is 10.1 Å². The van der Waals surface area contributed by atoms with Crippen molar-refractivity contribution in [2.75, 3.05) is 23.3 Å². The molecule has 4 rings (SSSR count). The van der Waals surface area contributed by atoms with Gasteiger partial charge in [-0.2, -0.15) is 5.26 Å². The Bertz CT molecular complexity index is 1050. The summed E-state index contributed by atoms with van der Waals surface area (Å²) in [7, 11) is 0. The summed E-state index contributed by atoms with van der Waals surface area (Å²) < 4.78 is 6.12. The molecule has 1 aromatic carbocycles. The number of hydrogen-bond acceptors (Lipinski definition) is 7. The molecule has 0 aliphatic carbocycles. The van der Waals surface area contributed by atoms with Crippen molar-refractivity contribution in [3.63, 3.8) is 0 Å². The largest absolute Gasteiger partial charge is 0.487 e. The van der Waals surface area contributed by atoms with Crippen LogP contribution < -0.4 is 20.7 Å². The second kappa shape index (κ2) is 8.26. The summed E-state index contributed by atoms with van der Waals surface area (Å²) in [6.45, 7) is 5.58. The fourth-order valence-electron chi connectivity index (χ4n) is 4.13. The first kappa shape index (κ1) is 20.7. The Balaban J connectivity index is 1.66. The summed E-state index contributed by atoms with van der Waals surface area (Å²) in [4.78, 5) is 23.5. The number of anilines is 2. The van der Waals surface area contributed by atoms with E-state index in [0.717, 1.165) is 49.4 Å². The van der Waals surface area contributed by atoms with E-state index in [1.54, 1.807) is 18.5 Å². The van der Waals surface area contributed by atoms with Crippen molar-refractivity contribution in [2.24, 2.45) is 11.7 Å². The maximum absolute atomic E-state index is 13.1. The number of nitrogens with two attached hydrogens (primary N) is 1. The molecule has 1 saturated heterocycles. The predicted octanol–water partition coefficient (Wildman–Crippen LogP) is 2.87. The van der Waals surface area contributed by atoms with Gasteiger partial charge in [0.2, 0.25) is 0 Å². The molecule has 0 unspecified atom stereocenters. The zero-order valence-corrected chi connectivity index (χ0v) is 17.8. The van der Waals surface area contributed by atoms with Crippen LogP contribution in [-0.2, 0) is 11.2 Å². The Morgan fingerprint density at radius 1 is 1.32 bits per heavy atom. The molecule has 0 saturated carbocycles. The molecule has 3 heterocycles. The lowest BCUT2D eigenvalue weighted by atomic mass is 9.97. The average molecular weight is 419 g/mol. The van der Waals surface area contributed by atoms with Crippen LogP contribution in [0.3, 0.4) is 0 Å². The first-order valence-corrected chi connectivity index (χ1v) is 10.4. The molecule has 0 radical (unpaired) electrons. The first-order valence-electron chi connectivity index (χ1n) is 10.4. The van der Waals surface area contributed by atoms with E-state index in [1.807, 2.05) is 26.0 Å². The van der Waals surface area contributed by atoms with Crippen LogP contribution in [0, 0.1) is 17.2 Å². The monoisotopic (exact) mass is 418 g/mol. The topological polar surface area (TPSA) is 117 Å². The number of nitrogens with one attached hydrogen (secondary N) is 1. The van der Waals surface area contributed by atoms with Gasteiger partial charge in [-0.15, -0.1) is 0 Å². The van der Waals surface area contributed by atoms with E-state index >= 15 is 0 Å². The molecule has 8 heteroatoms. The number of piperidine rings is 1. The molecule has 1 aromatic heterocycles. The van der Waals surface area contributed by atoms with E-state index in [0.29, 0.717) is 5.69 Å². The third kappa shape index (κ3) is 4.31. The van der Waals surface area contributed by atoms with Gasteiger partial charge in [0.05, 0.1) is 23.0 Å². The maximum atomic E-state index is 13.1. The summed E-state index contributed by atoms with van der Waals surface area (Å²) >= 11 is 0. The number of carbonyl (C=O) groups is 1. The molecule has 3 N–H and O–H groups in total. The lowest BCUT2D eigenvalue weighted by Gasteiger charge is -2.33. The summed E-state index contributed by atoms with van der Waals surface area (Å²) in [5.41, 5.74) is 8.26. The molecule has 0 bridgehead atoms. The predicted molar refractivity (Wildman–Crippen MR) is 118 cm³/mol. The fourth-order valence-corrected chi connectivity index (χ4v) is 4.13. The highest BCUT2D eigenvalue weighted by Gasteiger charge is 2.33. The van der Waals surface area contributed by atoms with Crippen molar-refractivity contribution in [3.8, 4) is 11.8 Å². The van der Waals surface area contributed by atoms with Gasteiger partial charge in [-0.1, -0.05) is 0 Å². The molecule has 2 aromatic rings. The number of amides is 1. The average Bonchev–Trinajstić information content (AvgIpc) is 3.07. The van der Waals surface area contributed by atoms with E-state index in [1.165, 1.54) is 6.20 Å². The normalized spacial score (nSPS) is 18.1. The highest BCUT2D eigenvalue weighted by molar-refractivity contribution is 6.24. The third-order valence-corrected chi connectivity index (χ3v) is 5.67. The van der Waals surface area contributed by atoms with E-state index in [2.05, 4.69) is 26.3 Å². The van der Waals surface area contributed by atoms with Gasteiger partial charge in [0.25, 0.3) is 5.91 Å². The molecule has 31 heavy (non-hydrogen) atoms. The number of benzene rings is 1. The Morgan fingerprint density at radius 3 is 2.68 bits per heavy atom. The molecule has 2 aliphatic heterocycles. The molecule has 1 fully saturated rings. The summed E-state index contributed by atoms with van der Waals surface area (Å²) in [5.74, 6) is 0.798. The zero-order chi connectivity index (χ0) is 22.0. The van der Waals surface area contributed by atoms with Crippen LogP contribution in [0.25, 0.3) is 5.57 Å². The van der Waals surface area contributed by atoms with Crippen LogP contribution in [0.5, 0.6) is 5.75 Å². The van der Waals surface area contributed by atoms with Crippen molar-refractivity contribution in [1.29, 1.82) is 5.26 Å². The van der Waals surface area contributed by atoms with Gasteiger partial charge in [0, 0.05) is 55.7 Å². The number of rotatable bonds is 4. The maximum Gasteiger partial charge on any atom is 0.261 e. The standard InChI is InChI=1S/C23H26N6O2/c1-23(2)12-16-10-18(28-22(30)17(14-25)21-26-6-3-7-27-21)19(11-20(16)31-23)29-8-4-15(13-24)5-9-29/h3,6-7,10-11,14-15H,4-5,8-9,12,25H2,1-2H3,(H,28,30). The van der Waals surface area contributed by atoms with Gasteiger partial charge in [0.1, 0.15) is 11.4 Å². The van der Waals surface area contributed by atoms with Crippen LogP contribution in [-0.4, -0.2) is 34.6 Å². The quantitative estimate of drug-likeness (QED) is 0.733. The molecular weight excluding hydrogens is 392 g/mol. The number of fused-ring (bicyclic) bond motifs is 1. The highest BCUT2D eigenvalue weighted by atomic mass is 16.5. The molecule has 0 spiro atoms. The second-order valence-electron chi connectivity index (χ2n) is 8.51. The summed E-state index contributed by atoms with van der Waals surface area (Å²) in [6, 6.07) is 8.02. The van der Waals surface area contributed by atoms with Gasteiger partial charge in [-0.05, 0) is 38.8 Å². The first-order chi connectivity index (χ1) is 14.9. The SMILES string of the molecule is CC1(C)Cc2cc(NC(=O)C(=CN)c3ncccn3)c(N3CCC(C#N)CC3)cc2O1. The number of nitrogens with zero attached hydrogens (tertiary/aromatic N) is 4. The molecule has 0 atom stereocenters. The number of ether oxygens (including phenoxy) is 1. The van der Waals surface area contributed by atoms with Gasteiger partial charge >= 0.3 is 0 Å². The van der Waals surface area contributed by atoms with Gasteiger partial charge in [-0.3, -0.25) is 4.79 Å². The van der Waals surface area contributed by atoms with Gasteiger partial charge in [0.15, 0.2) is 5.82 Å². The van der Waals surface area contributed by atoms with Crippen LogP contribution in [0.15, 0.2) is 36.8 Å². The van der Waals surface area contributed by atoms with Crippen molar-refractivity contribution < 1.29 is 9.53 Å². The Morgan fingerprint density at radius 2 is 2.03 bits per heavy atom. The van der Waals surface area contributed by atoms with E-state index in [-0.39, 0.29) is 28.8 Å². The molecule has 2 aliphatic rings. The van der Waals surface area contributed by atoms with Crippen molar-refractivity contribution >= 4 is 22.9 Å². The van der Waals surface area contributed by atoms with E-state index in [4.69, 9.17) is 10.5 Å². The minimum absolute atomic E-state index is 0.0703. The van der Waals surface area contributed by atoms with Gasteiger partial charge < -0.3 is 20.7 Å². The van der Waals surface area contributed by atoms with Crippen LogP contribution >= 0.6 is 0 Å². The molecule has 1 amide bonds. The number of aromatic nitrogens is 2. The Hall–Kier alpha value is -3.60. The summed E-state index contributed by atoms with van der Waals surface area (Å²) in [5, 5.41) is 12.2. The number of hydrogen-bond donors (Lipinski definition) is 2. The molecular formula is C23H26N6O2. The van der Waals surface area contributed by atoms with Crippen molar-refractivity contribution in [1.82, 2.24) is 9.97 Å². The Kier molecular flexibility index (Phi) is 5.51. The Labute approximate surface area is 181 Å². The van der Waals surface area contributed by atoms with Crippen molar-refractivity contribution in [3.05, 3.63) is 48.2 Å². The number of nitriles is 1. The smallest absolute Gasteiger partial charge is 0.261 e. The van der Waals surface area contributed by atoms with Gasteiger partial charge in [-0.25, -0.2) is 9.97 Å². The zero-order valence-electron chi connectivity index (χ0n) is 17.8. The van der Waals surface area contributed by atoms with Crippen LogP contribution in [0.2, 0.25) is 0 Å². The lowest BCUT2D eigenvalue weighted by molar-refractivity contribution is -0.111. The lowest BCUT2D eigenvalue weighted by Crippen LogP contribution is -2.34. The summed E-state index contributed by atoms with van der Waals surface area (Å²) in [6.07, 6.45) is 6.70. The minimum atomic E-state index is -0.375. The van der Waals surface area contributed by atoms with E-state index < -0.39 is 0 Å². The fraction of sp³-hybridized carbons (Fsp3) is 0.391. The second-order valence-corrected chi connectivity index (χ2v) is 8.51. The minimum Gasteiger partial charge on any atom is -0.487 e. The third-order valence-electron chi connectivity index (χ3n) is 5.67. The van der Waals surface area contributed by atoms with Crippen molar-refractivity contribution in [2.45, 2.75) is 38.7 Å². The van der Waals surface area contributed by atoms with Crippen LogP contribution in [0.4, 0.5) is 11.4 Å². The number of carbonyl (C=O) groups excluding carboxylic acids is 1. The molecule has 8 nitrogen and oxygen atoms in total.